The summed E-state index contributed by atoms with van der Waals surface area (Å²) in [6, 6.07) is 15.1. The Kier molecular flexibility index (Phi) is 5.56. The molecule has 2 aromatic carbocycles. The third-order valence-corrected chi connectivity index (χ3v) is 7.36. The SMILES string of the molecule is CC(=O)N1c2ccccc2NC2=C(C(=O)C[C@H](c3cccs3)C2)[C@H]1c1ccc(C(F)(F)F)cc1. The first-order valence-corrected chi connectivity index (χ1v) is 11.7. The van der Waals surface area contributed by atoms with Crippen LogP contribution in [0.15, 0.2) is 77.3 Å². The summed E-state index contributed by atoms with van der Waals surface area (Å²) in [5.41, 5.74) is 2.07. The number of Topliss-reactive ketones (excluding diaryl/α,β-unsaturated/α-hetero) is 1. The predicted octanol–water partition coefficient (Wildman–Crippen LogP) is 6.69. The molecule has 1 amide bonds. The summed E-state index contributed by atoms with van der Waals surface area (Å²) in [6.07, 6.45) is -3.63. The van der Waals surface area contributed by atoms with Crippen molar-refractivity contribution in [2.75, 3.05) is 10.2 Å². The second-order valence-corrected chi connectivity index (χ2v) is 9.47. The van der Waals surface area contributed by atoms with Crippen LogP contribution in [0.2, 0.25) is 0 Å². The van der Waals surface area contributed by atoms with Crippen molar-refractivity contribution in [3.8, 4) is 0 Å². The van der Waals surface area contributed by atoms with Gasteiger partial charge in [-0.1, -0.05) is 30.3 Å². The van der Waals surface area contributed by atoms with Gasteiger partial charge in [-0.15, -0.1) is 11.3 Å². The minimum absolute atomic E-state index is 0.00282. The van der Waals surface area contributed by atoms with Gasteiger partial charge in [-0.3, -0.25) is 14.5 Å². The summed E-state index contributed by atoms with van der Waals surface area (Å²) >= 11 is 1.59. The number of hydrogen-bond acceptors (Lipinski definition) is 4. The third-order valence-electron chi connectivity index (χ3n) is 6.33. The second-order valence-electron chi connectivity index (χ2n) is 8.49. The van der Waals surface area contributed by atoms with Crippen molar-refractivity contribution < 1.29 is 22.8 Å². The summed E-state index contributed by atoms with van der Waals surface area (Å²) in [5, 5.41) is 5.37. The molecule has 1 aliphatic carbocycles. The average molecular weight is 483 g/mol. The van der Waals surface area contributed by atoms with Gasteiger partial charge in [-0.05, 0) is 47.7 Å². The largest absolute Gasteiger partial charge is 0.416 e. The van der Waals surface area contributed by atoms with E-state index in [1.165, 1.54) is 24.0 Å². The van der Waals surface area contributed by atoms with Crippen LogP contribution in [0.5, 0.6) is 0 Å². The molecule has 174 valence electrons. The molecule has 4 nitrogen and oxygen atoms in total. The third kappa shape index (κ3) is 3.92. The van der Waals surface area contributed by atoms with Crippen LogP contribution in [0.4, 0.5) is 24.5 Å². The molecule has 0 radical (unpaired) electrons. The van der Waals surface area contributed by atoms with Gasteiger partial charge in [0.05, 0.1) is 23.0 Å². The fraction of sp³-hybridized carbons (Fsp3) is 0.231. The summed E-state index contributed by atoms with van der Waals surface area (Å²) in [7, 11) is 0. The fourth-order valence-corrected chi connectivity index (χ4v) is 5.66. The van der Waals surface area contributed by atoms with E-state index in [1.807, 2.05) is 29.6 Å². The van der Waals surface area contributed by atoms with E-state index < -0.39 is 17.8 Å². The number of allylic oxidation sites excluding steroid dienone is 1. The normalized spacial score (nSPS) is 20.4. The van der Waals surface area contributed by atoms with E-state index in [2.05, 4.69) is 5.32 Å². The molecule has 0 saturated heterocycles. The van der Waals surface area contributed by atoms with Crippen molar-refractivity contribution in [2.45, 2.75) is 37.9 Å². The molecule has 0 unspecified atom stereocenters. The van der Waals surface area contributed by atoms with E-state index in [0.29, 0.717) is 34.6 Å². The second kappa shape index (κ2) is 8.43. The van der Waals surface area contributed by atoms with Gasteiger partial charge in [-0.25, -0.2) is 0 Å². The monoisotopic (exact) mass is 482 g/mol. The molecule has 0 fully saturated rings. The molecule has 8 heteroatoms. The number of thiophene rings is 1. The van der Waals surface area contributed by atoms with Gasteiger partial charge in [0.1, 0.15) is 0 Å². The van der Waals surface area contributed by atoms with Crippen molar-refractivity contribution >= 4 is 34.4 Å². The zero-order valence-corrected chi connectivity index (χ0v) is 19.0. The van der Waals surface area contributed by atoms with Crippen LogP contribution in [-0.2, 0) is 15.8 Å². The number of nitrogens with zero attached hydrogens (tertiary/aromatic N) is 1. The first kappa shape index (κ1) is 22.4. The van der Waals surface area contributed by atoms with Crippen LogP contribution in [-0.4, -0.2) is 11.7 Å². The Bertz CT molecular complexity index is 1280. The molecule has 0 bridgehead atoms. The maximum absolute atomic E-state index is 13.6. The molecule has 2 aliphatic rings. The Morgan fingerprint density at radius 3 is 2.41 bits per heavy atom. The number of alkyl halides is 3. The Morgan fingerprint density at radius 2 is 1.76 bits per heavy atom. The maximum Gasteiger partial charge on any atom is 0.416 e. The number of hydrogen-bond donors (Lipinski definition) is 1. The number of amides is 1. The van der Waals surface area contributed by atoms with Gasteiger partial charge in [0.25, 0.3) is 0 Å². The summed E-state index contributed by atoms with van der Waals surface area (Å²) in [6.45, 7) is 1.40. The van der Waals surface area contributed by atoms with E-state index in [9.17, 15) is 22.8 Å². The van der Waals surface area contributed by atoms with Crippen molar-refractivity contribution in [2.24, 2.45) is 0 Å². The average Bonchev–Trinajstić information content (AvgIpc) is 3.28. The zero-order chi connectivity index (χ0) is 24.0. The lowest BCUT2D eigenvalue weighted by molar-refractivity contribution is -0.137. The van der Waals surface area contributed by atoms with Crippen molar-refractivity contribution in [3.05, 3.63) is 93.3 Å². The standard InChI is InChI=1S/C26H21F3N2O2S/c1-15(32)31-21-6-3-2-5-19(21)30-20-13-17(23-7-4-12-34-23)14-22(33)24(20)25(31)16-8-10-18(11-9-16)26(27,28)29/h2-12,17,25,30H,13-14H2,1H3/t17-,25-/m1/s1. The highest BCUT2D eigenvalue weighted by Crippen LogP contribution is 2.48. The number of rotatable bonds is 2. The first-order chi connectivity index (χ1) is 16.2. The number of fused-ring (bicyclic) bond motifs is 1. The lowest BCUT2D eigenvalue weighted by atomic mass is 9.80. The number of benzene rings is 2. The molecule has 3 aromatic rings. The van der Waals surface area contributed by atoms with Gasteiger partial charge >= 0.3 is 6.18 Å². The minimum atomic E-state index is -4.48. The van der Waals surface area contributed by atoms with Crippen LogP contribution in [0.25, 0.3) is 0 Å². The maximum atomic E-state index is 13.6. The van der Waals surface area contributed by atoms with Crippen molar-refractivity contribution in [1.29, 1.82) is 0 Å². The van der Waals surface area contributed by atoms with E-state index in [-0.39, 0.29) is 24.0 Å². The molecule has 5 rings (SSSR count). The summed E-state index contributed by atoms with van der Waals surface area (Å²) < 4.78 is 39.6. The molecular formula is C26H21F3N2O2S. The Hall–Kier alpha value is -3.39. The van der Waals surface area contributed by atoms with E-state index >= 15 is 0 Å². The number of para-hydroxylation sites is 2. The van der Waals surface area contributed by atoms with E-state index in [1.54, 1.807) is 23.5 Å². The van der Waals surface area contributed by atoms with Gasteiger partial charge in [0, 0.05) is 35.4 Å². The molecule has 2 atom stereocenters. The minimum Gasteiger partial charge on any atom is -0.357 e. The first-order valence-electron chi connectivity index (χ1n) is 10.9. The van der Waals surface area contributed by atoms with Crippen LogP contribution in [0.3, 0.4) is 0 Å². The van der Waals surface area contributed by atoms with Crippen molar-refractivity contribution in [1.82, 2.24) is 0 Å². The number of anilines is 2. The van der Waals surface area contributed by atoms with Gasteiger partial charge in [0.15, 0.2) is 5.78 Å². The molecule has 34 heavy (non-hydrogen) atoms. The van der Waals surface area contributed by atoms with Crippen LogP contribution < -0.4 is 10.2 Å². The van der Waals surface area contributed by atoms with Gasteiger partial charge in [0.2, 0.25) is 5.91 Å². The van der Waals surface area contributed by atoms with E-state index in [0.717, 1.165) is 17.0 Å². The smallest absolute Gasteiger partial charge is 0.357 e. The highest BCUT2D eigenvalue weighted by atomic mass is 32.1. The summed E-state index contributed by atoms with van der Waals surface area (Å²) in [4.78, 5) is 29.2. The molecular weight excluding hydrogens is 461 g/mol. The van der Waals surface area contributed by atoms with E-state index in [4.69, 9.17) is 0 Å². The molecule has 1 N–H and O–H groups in total. The fourth-order valence-electron chi connectivity index (χ4n) is 4.83. The number of nitrogens with one attached hydrogen (secondary N) is 1. The van der Waals surface area contributed by atoms with Crippen LogP contribution in [0.1, 0.15) is 47.7 Å². The van der Waals surface area contributed by atoms with Crippen LogP contribution >= 0.6 is 11.3 Å². The number of carbonyl (C=O) groups is 2. The number of halogens is 3. The highest BCUT2D eigenvalue weighted by molar-refractivity contribution is 7.10. The Balaban J connectivity index is 1.69. The van der Waals surface area contributed by atoms with Gasteiger partial charge in [-0.2, -0.15) is 13.2 Å². The molecule has 2 heterocycles. The molecule has 0 saturated carbocycles. The van der Waals surface area contributed by atoms with Crippen molar-refractivity contribution in [3.63, 3.8) is 0 Å². The van der Waals surface area contributed by atoms with Gasteiger partial charge < -0.3 is 5.32 Å². The number of carbonyl (C=O) groups excluding carboxylic acids is 2. The molecule has 1 aromatic heterocycles. The topological polar surface area (TPSA) is 49.4 Å². The Morgan fingerprint density at radius 1 is 1.03 bits per heavy atom. The molecule has 0 spiro atoms. The highest BCUT2D eigenvalue weighted by Gasteiger charge is 2.41. The Labute approximate surface area is 198 Å². The predicted molar refractivity (Wildman–Crippen MR) is 126 cm³/mol. The lowest BCUT2D eigenvalue weighted by Gasteiger charge is -2.34. The molecule has 1 aliphatic heterocycles. The number of ketones is 1. The lowest BCUT2D eigenvalue weighted by Crippen LogP contribution is -2.37. The zero-order valence-electron chi connectivity index (χ0n) is 18.2. The van der Waals surface area contributed by atoms with Crippen LogP contribution in [0, 0.1) is 0 Å². The quantitative estimate of drug-likeness (QED) is 0.443. The summed E-state index contributed by atoms with van der Waals surface area (Å²) in [5.74, 6) is -0.416.